The number of carboxylic acid groups (broad SMARTS) is 1. The van der Waals surface area contributed by atoms with Gasteiger partial charge in [0.15, 0.2) is 0 Å². The standard InChI is InChI=1S/C12H16ClNO2/c1-8(14(3)9(2)12(15)16)10-6-4-5-7-11(10)13/h4-9H,1-3H3,(H,15,16). The van der Waals surface area contributed by atoms with Crippen molar-refractivity contribution in [1.29, 1.82) is 0 Å². The van der Waals surface area contributed by atoms with Crippen LogP contribution in [0.25, 0.3) is 0 Å². The summed E-state index contributed by atoms with van der Waals surface area (Å²) in [6, 6.07) is 6.92. The van der Waals surface area contributed by atoms with E-state index in [0.29, 0.717) is 5.02 Å². The molecule has 4 heteroatoms. The number of carbonyl (C=O) groups is 1. The first-order valence-electron chi connectivity index (χ1n) is 5.14. The van der Waals surface area contributed by atoms with Gasteiger partial charge in [0.1, 0.15) is 6.04 Å². The van der Waals surface area contributed by atoms with Gasteiger partial charge < -0.3 is 5.11 Å². The van der Waals surface area contributed by atoms with E-state index in [1.807, 2.05) is 31.2 Å². The number of carboxylic acids is 1. The van der Waals surface area contributed by atoms with E-state index in [0.717, 1.165) is 5.56 Å². The van der Waals surface area contributed by atoms with Crippen molar-refractivity contribution < 1.29 is 9.90 Å². The molecular weight excluding hydrogens is 226 g/mol. The third kappa shape index (κ3) is 2.74. The van der Waals surface area contributed by atoms with Crippen LogP contribution in [0.2, 0.25) is 5.02 Å². The Balaban J connectivity index is 2.90. The molecule has 0 saturated carbocycles. The van der Waals surface area contributed by atoms with E-state index >= 15 is 0 Å². The summed E-state index contributed by atoms with van der Waals surface area (Å²) in [7, 11) is 1.78. The van der Waals surface area contributed by atoms with Gasteiger partial charge in [-0.3, -0.25) is 9.69 Å². The number of hydrogen-bond acceptors (Lipinski definition) is 2. The van der Waals surface area contributed by atoms with E-state index in [4.69, 9.17) is 16.7 Å². The molecular formula is C12H16ClNO2. The zero-order valence-corrected chi connectivity index (χ0v) is 10.4. The first-order valence-corrected chi connectivity index (χ1v) is 5.52. The molecule has 0 fully saturated rings. The van der Waals surface area contributed by atoms with E-state index in [1.54, 1.807) is 18.9 Å². The van der Waals surface area contributed by atoms with Crippen LogP contribution in [0.1, 0.15) is 25.5 Å². The van der Waals surface area contributed by atoms with Crippen LogP contribution < -0.4 is 0 Å². The van der Waals surface area contributed by atoms with Gasteiger partial charge in [0.2, 0.25) is 0 Å². The molecule has 2 unspecified atom stereocenters. The maximum absolute atomic E-state index is 10.9. The minimum atomic E-state index is -0.832. The zero-order valence-electron chi connectivity index (χ0n) is 9.64. The Morgan fingerprint density at radius 1 is 1.38 bits per heavy atom. The molecule has 0 aliphatic heterocycles. The van der Waals surface area contributed by atoms with Gasteiger partial charge in [-0.25, -0.2) is 0 Å². The van der Waals surface area contributed by atoms with E-state index < -0.39 is 12.0 Å². The summed E-state index contributed by atoms with van der Waals surface area (Å²) in [6.45, 7) is 3.61. The zero-order chi connectivity index (χ0) is 12.3. The summed E-state index contributed by atoms with van der Waals surface area (Å²) < 4.78 is 0. The molecule has 0 amide bonds. The minimum absolute atomic E-state index is 0.0280. The van der Waals surface area contributed by atoms with Crippen LogP contribution in [0.3, 0.4) is 0 Å². The van der Waals surface area contributed by atoms with Crippen LogP contribution in [0.4, 0.5) is 0 Å². The lowest BCUT2D eigenvalue weighted by atomic mass is 10.1. The molecule has 1 N–H and O–H groups in total. The van der Waals surface area contributed by atoms with Crippen molar-refractivity contribution >= 4 is 17.6 Å². The van der Waals surface area contributed by atoms with Crippen molar-refractivity contribution in [2.75, 3.05) is 7.05 Å². The monoisotopic (exact) mass is 241 g/mol. The molecule has 1 aromatic rings. The van der Waals surface area contributed by atoms with E-state index in [2.05, 4.69) is 0 Å². The Hall–Kier alpha value is -1.06. The van der Waals surface area contributed by atoms with Crippen molar-refractivity contribution in [3.05, 3.63) is 34.9 Å². The quantitative estimate of drug-likeness (QED) is 0.881. The molecule has 88 valence electrons. The van der Waals surface area contributed by atoms with Crippen LogP contribution >= 0.6 is 11.6 Å². The summed E-state index contributed by atoms with van der Waals surface area (Å²) >= 11 is 6.07. The van der Waals surface area contributed by atoms with Gasteiger partial charge in [-0.2, -0.15) is 0 Å². The van der Waals surface area contributed by atoms with E-state index in [1.165, 1.54) is 0 Å². The second-order valence-electron chi connectivity index (χ2n) is 3.88. The molecule has 0 radical (unpaired) electrons. The highest BCUT2D eigenvalue weighted by Gasteiger charge is 2.23. The van der Waals surface area contributed by atoms with Crippen LogP contribution in [0.15, 0.2) is 24.3 Å². The number of halogens is 1. The molecule has 1 rings (SSSR count). The fourth-order valence-electron chi connectivity index (χ4n) is 1.54. The lowest BCUT2D eigenvalue weighted by Crippen LogP contribution is -2.37. The molecule has 0 aliphatic rings. The van der Waals surface area contributed by atoms with Crippen molar-refractivity contribution in [2.24, 2.45) is 0 Å². The van der Waals surface area contributed by atoms with Crippen molar-refractivity contribution in [3.8, 4) is 0 Å². The molecule has 0 aliphatic carbocycles. The Morgan fingerprint density at radius 3 is 2.44 bits per heavy atom. The Kier molecular flexibility index (Phi) is 4.33. The van der Waals surface area contributed by atoms with Crippen molar-refractivity contribution in [1.82, 2.24) is 4.90 Å². The minimum Gasteiger partial charge on any atom is -0.480 e. The third-order valence-corrected chi connectivity index (χ3v) is 3.28. The van der Waals surface area contributed by atoms with Gasteiger partial charge in [0, 0.05) is 11.1 Å². The van der Waals surface area contributed by atoms with Crippen molar-refractivity contribution in [2.45, 2.75) is 25.9 Å². The van der Waals surface area contributed by atoms with Crippen LogP contribution in [-0.4, -0.2) is 29.1 Å². The van der Waals surface area contributed by atoms with Crippen molar-refractivity contribution in [3.63, 3.8) is 0 Å². The second-order valence-corrected chi connectivity index (χ2v) is 4.28. The molecule has 0 spiro atoms. The summed E-state index contributed by atoms with van der Waals surface area (Å²) in [5, 5.41) is 9.61. The number of aliphatic carboxylic acids is 1. The highest BCUT2D eigenvalue weighted by Crippen LogP contribution is 2.27. The highest BCUT2D eigenvalue weighted by atomic mass is 35.5. The third-order valence-electron chi connectivity index (χ3n) is 2.93. The number of benzene rings is 1. The Bertz CT molecular complexity index is 381. The molecule has 1 aromatic carbocycles. The number of rotatable bonds is 4. The second kappa shape index (κ2) is 5.32. The average Bonchev–Trinajstić information content (AvgIpc) is 2.26. The first-order chi connectivity index (χ1) is 7.45. The molecule has 16 heavy (non-hydrogen) atoms. The SMILES string of the molecule is CC(C(=O)O)N(C)C(C)c1ccccc1Cl. The predicted octanol–water partition coefficient (Wildman–Crippen LogP) is 2.81. The molecule has 0 heterocycles. The largest absolute Gasteiger partial charge is 0.480 e. The molecule has 2 atom stereocenters. The summed E-state index contributed by atoms with van der Waals surface area (Å²) in [4.78, 5) is 12.7. The molecule has 0 saturated heterocycles. The molecule has 3 nitrogen and oxygen atoms in total. The van der Waals surface area contributed by atoms with Crippen LogP contribution in [-0.2, 0) is 4.79 Å². The molecule has 0 bridgehead atoms. The fourth-order valence-corrected chi connectivity index (χ4v) is 1.84. The maximum Gasteiger partial charge on any atom is 0.320 e. The highest BCUT2D eigenvalue weighted by molar-refractivity contribution is 6.31. The normalized spacial score (nSPS) is 14.8. The maximum atomic E-state index is 10.9. The molecule has 0 aromatic heterocycles. The van der Waals surface area contributed by atoms with Gasteiger partial charge in [-0.05, 0) is 32.5 Å². The summed E-state index contributed by atoms with van der Waals surface area (Å²) in [5.74, 6) is -0.832. The predicted molar refractivity (Wildman–Crippen MR) is 64.7 cm³/mol. The number of hydrogen-bond donors (Lipinski definition) is 1. The van der Waals surface area contributed by atoms with Gasteiger partial charge in [0.25, 0.3) is 0 Å². The van der Waals surface area contributed by atoms with Gasteiger partial charge in [-0.1, -0.05) is 29.8 Å². The van der Waals surface area contributed by atoms with Crippen LogP contribution in [0, 0.1) is 0 Å². The lowest BCUT2D eigenvalue weighted by molar-refractivity contribution is -0.142. The van der Waals surface area contributed by atoms with Crippen LogP contribution in [0.5, 0.6) is 0 Å². The van der Waals surface area contributed by atoms with Gasteiger partial charge >= 0.3 is 5.97 Å². The Labute approximate surface area is 101 Å². The van der Waals surface area contributed by atoms with Gasteiger partial charge in [0.05, 0.1) is 0 Å². The Morgan fingerprint density at radius 2 is 1.94 bits per heavy atom. The van der Waals surface area contributed by atoms with E-state index in [-0.39, 0.29) is 6.04 Å². The topological polar surface area (TPSA) is 40.5 Å². The first kappa shape index (κ1) is 13.0. The number of nitrogens with zero attached hydrogens (tertiary/aromatic N) is 1. The number of likely N-dealkylation sites (N-methyl/N-ethyl adjacent to an activating group) is 1. The fraction of sp³-hybridized carbons (Fsp3) is 0.417. The average molecular weight is 242 g/mol. The summed E-state index contributed by atoms with van der Waals surface area (Å²) in [6.07, 6.45) is 0. The van der Waals surface area contributed by atoms with E-state index in [9.17, 15) is 4.79 Å². The summed E-state index contributed by atoms with van der Waals surface area (Å²) in [5.41, 5.74) is 0.944. The lowest BCUT2D eigenvalue weighted by Gasteiger charge is -2.29. The smallest absolute Gasteiger partial charge is 0.320 e. The van der Waals surface area contributed by atoms with Gasteiger partial charge in [-0.15, -0.1) is 0 Å².